The molecule has 2 N–H and O–H groups in total. The van der Waals surface area contributed by atoms with Crippen molar-refractivity contribution in [2.75, 3.05) is 7.11 Å². The van der Waals surface area contributed by atoms with E-state index < -0.39 is 0 Å². The molecule has 0 saturated heterocycles. The van der Waals surface area contributed by atoms with Gasteiger partial charge in [-0.05, 0) is 49.6 Å². The lowest BCUT2D eigenvalue weighted by atomic mass is 9.96. The van der Waals surface area contributed by atoms with Crippen LogP contribution in [0.5, 0.6) is 5.75 Å². The number of aromatic nitrogens is 2. The van der Waals surface area contributed by atoms with Gasteiger partial charge in [0.05, 0.1) is 18.5 Å². The fourth-order valence-corrected chi connectivity index (χ4v) is 2.29. The van der Waals surface area contributed by atoms with Crippen LogP contribution in [-0.2, 0) is 6.54 Å². The summed E-state index contributed by atoms with van der Waals surface area (Å²) in [5, 5.41) is 0. The van der Waals surface area contributed by atoms with Crippen molar-refractivity contribution in [3.05, 3.63) is 40.8 Å². The summed E-state index contributed by atoms with van der Waals surface area (Å²) in [6.45, 7) is 6.61. The van der Waals surface area contributed by atoms with Crippen LogP contribution in [0.4, 0.5) is 0 Å². The topological polar surface area (TPSA) is 61.0 Å². The lowest BCUT2D eigenvalue weighted by Gasteiger charge is -2.15. The van der Waals surface area contributed by atoms with E-state index in [4.69, 9.17) is 10.5 Å². The molecule has 0 bridgehead atoms. The van der Waals surface area contributed by atoms with Crippen LogP contribution in [-0.4, -0.2) is 17.1 Å². The normalized spacial score (nSPS) is 10.6. The van der Waals surface area contributed by atoms with Crippen LogP contribution in [0.3, 0.4) is 0 Å². The quantitative estimate of drug-likeness (QED) is 0.918. The standard InChI is InChI=1S/C15H19N3O/c1-9-5-13(10(2)11(3)15(9)19-4)14-6-12(7-16)17-8-18-14/h5-6,8H,7,16H2,1-4H3. The summed E-state index contributed by atoms with van der Waals surface area (Å²) >= 11 is 0. The summed E-state index contributed by atoms with van der Waals surface area (Å²) < 4.78 is 5.44. The molecule has 0 aliphatic carbocycles. The Hall–Kier alpha value is -1.94. The first-order valence-corrected chi connectivity index (χ1v) is 6.24. The van der Waals surface area contributed by atoms with Gasteiger partial charge in [-0.3, -0.25) is 0 Å². The average molecular weight is 257 g/mol. The van der Waals surface area contributed by atoms with Gasteiger partial charge in [0.1, 0.15) is 12.1 Å². The van der Waals surface area contributed by atoms with E-state index in [9.17, 15) is 0 Å². The van der Waals surface area contributed by atoms with Crippen molar-refractivity contribution in [2.24, 2.45) is 5.73 Å². The van der Waals surface area contributed by atoms with Crippen LogP contribution in [0.25, 0.3) is 11.3 Å². The minimum absolute atomic E-state index is 0.419. The molecule has 4 nitrogen and oxygen atoms in total. The van der Waals surface area contributed by atoms with Crippen molar-refractivity contribution >= 4 is 0 Å². The number of hydrogen-bond donors (Lipinski definition) is 1. The van der Waals surface area contributed by atoms with Crippen LogP contribution in [0.15, 0.2) is 18.5 Å². The summed E-state index contributed by atoms with van der Waals surface area (Å²) in [7, 11) is 1.70. The molecular weight excluding hydrogens is 238 g/mol. The molecule has 0 atom stereocenters. The predicted molar refractivity (Wildman–Crippen MR) is 76.1 cm³/mol. The van der Waals surface area contributed by atoms with Gasteiger partial charge in [-0.15, -0.1) is 0 Å². The van der Waals surface area contributed by atoms with E-state index in [1.807, 2.05) is 13.0 Å². The van der Waals surface area contributed by atoms with Crippen LogP contribution in [0, 0.1) is 20.8 Å². The third kappa shape index (κ3) is 2.44. The molecule has 1 aromatic heterocycles. The maximum atomic E-state index is 5.63. The first-order chi connectivity index (χ1) is 9.08. The van der Waals surface area contributed by atoms with Crippen LogP contribution in [0.2, 0.25) is 0 Å². The SMILES string of the molecule is COc1c(C)cc(-c2cc(CN)ncn2)c(C)c1C. The minimum atomic E-state index is 0.419. The Kier molecular flexibility index (Phi) is 3.81. The van der Waals surface area contributed by atoms with Gasteiger partial charge in [0.25, 0.3) is 0 Å². The molecule has 4 heteroatoms. The predicted octanol–water partition coefficient (Wildman–Crippen LogP) is 2.54. The molecule has 0 amide bonds. The molecule has 2 rings (SSSR count). The molecule has 19 heavy (non-hydrogen) atoms. The van der Waals surface area contributed by atoms with Crippen LogP contribution in [0.1, 0.15) is 22.4 Å². The van der Waals surface area contributed by atoms with Gasteiger partial charge < -0.3 is 10.5 Å². The third-order valence-electron chi connectivity index (χ3n) is 3.44. The lowest BCUT2D eigenvalue weighted by molar-refractivity contribution is 0.408. The molecule has 1 aromatic carbocycles. The lowest BCUT2D eigenvalue weighted by Crippen LogP contribution is -2.02. The van der Waals surface area contributed by atoms with Crippen molar-refractivity contribution in [1.29, 1.82) is 0 Å². The van der Waals surface area contributed by atoms with Crippen LogP contribution >= 0.6 is 0 Å². The number of aryl methyl sites for hydroxylation is 1. The molecule has 100 valence electrons. The zero-order valence-corrected chi connectivity index (χ0v) is 11.8. The summed E-state index contributed by atoms with van der Waals surface area (Å²) in [5.74, 6) is 0.939. The van der Waals surface area contributed by atoms with Crippen LogP contribution < -0.4 is 10.5 Å². The van der Waals surface area contributed by atoms with Gasteiger partial charge in [-0.2, -0.15) is 0 Å². The monoisotopic (exact) mass is 257 g/mol. The second-order valence-electron chi connectivity index (χ2n) is 4.62. The highest BCUT2D eigenvalue weighted by molar-refractivity contribution is 5.69. The number of nitrogens with zero attached hydrogens (tertiary/aromatic N) is 2. The number of hydrogen-bond acceptors (Lipinski definition) is 4. The number of benzene rings is 1. The summed E-state index contributed by atoms with van der Waals surface area (Å²) in [6.07, 6.45) is 1.56. The zero-order valence-electron chi connectivity index (χ0n) is 11.8. The summed E-state index contributed by atoms with van der Waals surface area (Å²) in [5.41, 5.74) is 11.9. The van der Waals surface area contributed by atoms with Crippen molar-refractivity contribution in [2.45, 2.75) is 27.3 Å². The van der Waals surface area contributed by atoms with Crippen molar-refractivity contribution in [1.82, 2.24) is 9.97 Å². The Morgan fingerprint density at radius 2 is 1.84 bits per heavy atom. The maximum absolute atomic E-state index is 5.63. The molecule has 1 heterocycles. The highest BCUT2D eigenvalue weighted by Crippen LogP contribution is 2.33. The second kappa shape index (κ2) is 5.36. The third-order valence-corrected chi connectivity index (χ3v) is 3.44. The van der Waals surface area contributed by atoms with E-state index in [1.54, 1.807) is 13.4 Å². The first kappa shape index (κ1) is 13.5. The maximum Gasteiger partial charge on any atom is 0.124 e. The largest absolute Gasteiger partial charge is 0.496 e. The van der Waals surface area contributed by atoms with E-state index in [0.717, 1.165) is 33.8 Å². The Bertz CT molecular complexity index is 609. The highest BCUT2D eigenvalue weighted by Gasteiger charge is 2.13. The fourth-order valence-electron chi connectivity index (χ4n) is 2.29. The molecular formula is C15H19N3O. The van der Waals surface area contributed by atoms with Gasteiger partial charge in [0, 0.05) is 12.1 Å². The summed E-state index contributed by atoms with van der Waals surface area (Å²) in [4.78, 5) is 8.48. The molecule has 0 unspecified atom stereocenters. The van der Waals surface area contributed by atoms with Gasteiger partial charge in [0.15, 0.2) is 0 Å². The van der Waals surface area contributed by atoms with E-state index in [0.29, 0.717) is 6.54 Å². The van der Waals surface area contributed by atoms with Crippen molar-refractivity contribution in [3.8, 4) is 17.0 Å². The van der Waals surface area contributed by atoms with Crippen molar-refractivity contribution < 1.29 is 4.74 Å². The van der Waals surface area contributed by atoms with E-state index in [-0.39, 0.29) is 0 Å². The fraction of sp³-hybridized carbons (Fsp3) is 0.333. The Balaban J connectivity index is 2.62. The molecule has 2 aromatic rings. The van der Waals surface area contributed by atoms with E-state index in [1.165, 1.54) is 5.56 Å². The highest BCUT2D eigenvalue weighted by atomic mass is 16.5. The van der Waals surface area contributed by atoms with Gasteiger partial charge in [-0.1, -0.05) is 0 Å². The van der Waals surface area contributed by atoms with Gasteiger partial charge in [-0.25, -0.2) is 9.97 Å². The number of nitrogens with two attached hydrogens (primary N) is 1. The van der Waals surface area contributed by atoms with E-state index in [2.05, 4.69) is 29.9 Å². The molecule has 0 aliphatic rings. The molecule has 0 aliphatic heterocycles. The van der Waals surface area contributed by atoms with Crippen molar-refractivity contribution in [3.63, 3.8) is 0 Å². The summed E-state index contributed by atoms with van der Waals surface area (Å²) in [6, 6.07) is 4.04. The molecule has 0 spiro atoms. The minimum Gasteiger partial charge on any atom is -0.496 e. The van der Waals surface area contributed by atoms with Gasteiger partial charge in [0.2, 0.25) is 0 Å². The number of methoxy groups -OCH3 is 1. The second-order valence-corrected chi connectivity index (χ2v) is 4.62. The smallest absolute Gasteiger partial charge is 0.124 e. The molecule has 0 saturated carbocycles. The number of rotatable bonds is 3. The molecule has 0 radical (unpaired) electrons. The average Bonchev–Trinajstić information content (AvgIpc) is 2.43. The Morgan fingerprint density at radius 3 is 2.47 bits per heavy atom. The molecule has 0 fully saturated rings. The zero-order chi connectivity index (χ0) is 14.0. The van der Waals surface area contributed by atoms with E-state index >= 15 is 0 Å². The Morgan fingerprint density at radius 1 is 1.11 bits per heavy atom. The first-order valence-electron chi connectivity index (χ1n) is 6.24. The Labute approximate surface area is 113 Å². The van der Waals surface area contributed by atoms with Gasteiger partial charge >= 0.3 is 0 Å². The number of ether oxygens (including phenoxy) is 1.